The zero-order valence-corrected chi connectivity index (χ0v) is 12.3. The van der Waals surface area contributed by atoms with Gasteiger partial charge in [-0.25, -0.2) is 4.98 Å². The van der Waals surface area contributed by atoms with E-state index in [9.17, 15) is 0 Å². The van der Waals surface area contributed by atoms with E-state index in [-0.39, 0.29) is 0 Å². The molecule has 0 fully saturated rings. The maximum absolute atomic E-state index is 6.07. The molecule has 0 saturated heterocycles. The van der Waals surface area contributed by atoms with Crippen molar-refractivity contribution in [1.82, 2.24) is 9.55 Å². The van der Waals surface area contributed by atoms with Crippen molar-refractivity contribution in [3.63, 3.8) is 0 Å². The van der Waals surface area contributed by atoms with E-state index in [1.807, 2.05) is 12.1 Å². The highest BCUT2D eigenvalue weighted by Crippen LogP contribution is 2.27. The van der Waals surface area contributed by atoms with E-state index in [0.717, 1.165) is 44.1 Å². The molecule has 0 aliphatic carbocycles. The molecule has 2 aromatic rings. The standard InChI is InChI=1S/C16H22N4/c1-3-13-11-19(4-2)16(18-13)20-9-8-14-12(10-20)6-5-7-15(14)17/h5-7,11H,3-4,8-10,17H2,1-2H3. The summed E-state index contributed by atoms with van der Waals surface area (Å²) >= 11 is 0. The lowest BCUT2D eigenvalue weighted by Gasteiger charge is -2.30. The van der Waals surface area contributed by atoms with Crippen molar-refractivity contribution < 1.29 is 0 Å². The molecular weight excluding hydrogens is 248 g/mol. The fourth-order valence-corrected chi connectivity index (χ4v) is 2.92. The zero-order valence-electron chi connectivity index (χ0n) is 12.3. The van der Waals surface area contributed by atoms with Crippen LogP contribution in [0.4, 0.5) is 11.6 Å². The Hall–Kier alpha value is -1.97. The number of rotatable bonds is 3. The van der Waals surface area contributed by atoms with Crippen molar-refractivity contribution in [3.05, 3.63) is 41.2 Å². The maximum Gasteiger partial charge on any atom is 0.206 e. The summed E-state index contributed by atoms with van der Waals surface area (Å²) in [6, 6.07) is 6.22. The molecule has 1 aliphatic heterocycles. The fourth-order valence-electron chi connectivity index (χ4n) is 2.92. The van der Waals surface area contributed by atoms with Gasteiger partial charge in [0, 0.05) is 31.5 Å². The van der Waals surface area contributed by atoms with Gasteiger partial charge in [-0.1, -0.05) is 19.1 Å². The Morgan fingerprint density at radius 3 is 2.90 bits per heavy atom. The van der Waals surface area contributed by atoms with Gasteiger partial charge in [0.15, 0.2) is 0 Å². The number of aryl methyl sites for hydroxylation is 2. The first-order valence-corrected chi connectivity index (χ1v) is 7.40. The molecule has 1 aromatic carbocycles. The topological polar surface area (TPSA) is 47.1 Å². The molecule has 0 spiro atoms. The largest absolute Gasteiger partial charge is 0.398 e. The average Bonchev–Trinajstić information content (AvgIpc) is 2.90. The van der Waals surface area contributed by atoms with Gasteiger partial charge in [0.05, 0.1) is 5.69 Å². The molecule has 106 valence electrons. The Bertz CT molecular complexity index is 615. The third-order valence-electron chi connectivity index (χ3n) is 4.09. The first-order chi connectivity index (χ1) is 9.72. The second-order valence-electron chi connectivity index (χ2n) is 5.33. The summed E-state index contributed by atoms with van der Waals surface area (Å²) in [5, 5.41) is 0. The molecule has 1 aliphatic rings. The van der Waals surface area contributed by atoms with Crippen LogP contribution in [0, 0.1) is 0 Å². The van der Waals surface area contributed by atoms with E-state index in [1.54, 1.807) is 0 Å². The Balaban J connectivity index is 1.92. The SMILES string of the molecule is CCc1cn(CC)c(N2CCc3c(N)cccc3C2)n1. The lowest BCUT2D eigenvalue weighted by atomic mass is 9.98. The second-order valence-corrected chi connectivity index (χ2v) is 5.33. The number of aromatic nitrogens is 2. The number of hydrogen-bond donors (Lipinski definition) is 1. The van der Waals surface area contributed by atoms with E-state index < -0.39 is 0 Å². The maximum atomic E-state index is 6.07. The van der Waals surface area contributed by atoms with Gasteiger partial charge in [-0.15, -0.1) is 0 Å². The van der Waals surface area contributed by atoms with E-state index in [2.05, 4.69) is 35.6 Å². The predicted molar refractivity (Wildman–Crippen MR) is 82.9 cm³/mol. The van der Waals surface area contributed by atoms with Crippen LogP contribution in [0.2, 0.25) is 0 Å². The summed E-state index contributed by atoms with van der Waals surface area (Å²) in [4.78, 5) is 7.14. The van der Waals surface area contributed by atoms with Crippen molar-refractivity contribution in [2.75, 3.05) is 17.2 Å². The van der Waals surface area contributed by atoms with E-state index in [4.69, 9.17) is 10.7 Å². The monoisotopic (exact) mass is 270 g/mol. The minimum absolute atomic E-state index is 0.903. The zero-order chi connectivity index (χ0) is 14.1. The molecule has 3 rings (SSSR count). The fraction of sp³-hybridized carbons (Fsp3) is 0.438. The van der Waals surface area contributed by atoms with Crippen molar-refractivity contribution in [3.8, 4) is 0 Å². The average molecular weight is 270 g/mol. The highest BCUT2D eigenvalue weighted by Gasteiger charge is 2.21. The van der Waals surface area contributed by atoms with Gasteiger partial charge < -0.3 is 15.2 Å². The predicted octanol–water partition coefficient (Wildman–Crippen LogP) is 2.61. The summed E-state index contributed by atoms with van der Waals surface area (Å²) in [6.45, 7) is 7.17. The van der Waals surface area contributed by atoms with E-state index in [0.29, 0.717) is 0 Å². The molecule has 0 amide bonds. The van der Waals surface area contributed by atoms with Crippen LogP contribution in [0.15, 0.2) is 24.4 Å². The smallest absolute Gasteiger partial charge is 0.206 e. The first kappa shape index (κ1) is 13.0. The second kappa shape index (κ2) is 5.19. The van der Waals surface area contributed by atoms with Crippen LogP contribution in [0.3, 0.4) is 0 Å². The molecule has 4 heteroatoms. The van der Waals surface area contributed by atoms with Gasteiger partial charge in [-0.05, 0) is 37.0 Å². The Morgan fingerprint density at radius 1 is 1.30 bits per heavy atom. The minimum Gasteiger partial charge on any atom is -0.398 e. The summed E-state index contributed by atoms with van der Waals surface area (Å²) in [5.41, 5.74) is 10.8. The van der Waals surface area contributed by atoms with E-state index in [1.165, 1.54) is 16.8 Å². The number of benzene rings is 1. The molecule has 2 N–H and O–H groups in total. The summed E-state index contributed by atoms with van der Waals surface area (Å²) in [5.74, 6) is 1.09. The van der Waals surface area contributed by atoms with Crippen LogP contribution < -0.4 is 10.6 Å². The molecule has 2 heterocycles. The number of hydrogen-bond acceptors (Lipinski definition) is 3. The summed E-state index contributed by atoms with van der Waals surface area (Å²) < 4.78 is 2.25. The number of fused-ring (bicyclic) bond motifs is 1. The van der Waals surface area contributed by atoms with Crippen molar-refractivity contribution in [1.29, 1.82) is 0 Å². The normalized spacial score (nSPS) is 14.4. The van der Waals surface area contributed by atoms with Crippen LogP contribution in [0.5, 0.6) is 0 Å². The Morgan fingerprint density at radius 2 is 2.15 bits per heavy atom. The van der Waals surface area contributed by atoms with Crippen LogP contribution >= 0.6 is 0 Å². The molecule has 0 radical (unpaired) electrons. The summed E-state index contributed by atoms with van der Waals surface area (Å²) in [6.07, 6.45) is 4.15. The molecule has 0 atom stereocenters. The molecular formula is C16H22N4. The lowest BCUT2D eigenvalue weighted by molar-refractivity contribution is 0.662. The van der Waals surface area contributed by atoms with Gasteiger partial charge >= 0.3 is 0 Å². The van der Waals surface area contributed by atoms with Crippen LogP contribution in [-0.4, -0.2) is 16.1 Å². The van der Waals surface area contributed by atoms with Gasteiger partial charge in [0.2, 0.25) is 5.95 Å². The molecule has 1 aromatic heterocycles. The lowest BCUT2D eigenvalue weighted by Crippen LogP contribution is -2.32. The van der Waals surface area contributed by atoms with E-state index >= 15 is 0 Å². The van der Waals surface area contributed by atoms with Crippen LogP contribution in [0.25, 0.3) is 0 Å². The highest BCUT2D eigenvalue weighted by atomic mass is 15.3. The molecule has 0 bridgehead atoms. The molecule has 0 saturated carbocycles. The molecule has 20 heavy (non-hydrogen) atoms. The minimum atomic E-state index is 0.903. The number of nitrogens with two attached hydrogens (primary N) is 1. The van der Waals surface area contributed by atoms with Crippen molar-refractivity contribution in [2.45, 2.75) is 39.8 Å². The number of nitrogens with zero attached hydrogens (tertiary/aromatic N) is 3. The summed E-state index contributed by atoms with van der Waals surface area (Å²) in [7, 11) is 0. The van der Waals surface area contributed by atoms with Gasteiger partial charge in [-0.3, -0.25) is 0 Å². The number of nitrogen functional groups attached to an aromatic ring is 1. The third kappa shape index (κ3) is 2.15. The van der Waals surface area contributed by atoms with Crippen molar-refractivity contribution >= 4 is 11.6 Å². The number of imidazole rings is 1. The van der Waals surface area contributed by atoms with Gasteiger partial charge in [-0.2, -0.15) is 0 Å². The third-order valence-corrected chi connectivity index (χ3v) is 4.09. The Labute approximate surface area is 120 Å². The van der Waals surface area contributed by atoms with Crippen LogP contribution in [-0.2, 0) is 25.9 Å². The molecule has 0 unspecified atom stereocenters. The Kier molecular flexibility index (Phi) is 3.38. The van der Waals surface area contributed by atoms with Crippen LogP contribution in [0.1, 0.15) is 30.7 Å². The molecule has 4 nitrogen and oxygen atoms in total. The first-order valence-electron chi connectivity index (χ1n) is 7.40. The highest BCUT2D eigenvalue weighted by molar-refractivity contribution is 5.54. The van der Waals surface area contributed by atoms with Gasteiger partial charge in [0.25, 0.3) is 0 Å². The van der Waals surface area contributed by atoms with Crippen molar-refractivity contribution in [2.24, 2.45) is 0 Å². The quantitative estimate of drug-likeness (QED) is 0.872. The number of anilines is 2. The van der Waals surface area contributed by atoms with Gasteiger partial charge in [0.1, 0.15) is 0 Å².